The zero-order chi connectivity index (χ0) is 21.5. The van der Waals surface area contributed by atoms with Crippen LogP contribution < -0.4 is 10.6 Å². The lowest BCUT2D eigenvalue weighted by Crippen LogP contribution is -2.37. The summed E-state index contributed by atoms with van der Waals surface area (Å²) in [5.41, 5.74) is 10.3. The van der Waals surface area contributed by atoms with Crippen LogP contribution in [0, 0.1) is 5.92 Å². The summed E-state index contributed by atoms with van der Waals surface area (Å²) in [7, 11) is 0. The lowest BCUT2D eigenvalue weighted by Gasteiger charge is -2.33. The highest BCUT2D eigenvalue weighted by Gasteiger charge is 2.22. The Hall–Kier alpha value is -3.11. The first-order valence-corrected chi connectivity index (χ1v) is 11.1. The quantitative estimate of drug-likeness (QED) is 0.577. The van der Waals surface area contributed by atoms with E-state index in [0.29, 0.717) is 6.54 Å². The van der Waals surface area contributed by atoms with Crippen LogP contribution in [-0.2, 0) is 19.5 Å². The van der Waals surface area contributed by atoms with E-state index in [1.54, 1.807) is 4.90 Å². The molecule has 31 heavy (non-hydrogen) atoms. The molecule has 1 aliphatic rings. The average molecular weight is 414 g/mol. The van der Waals surface area contributed by atoms with Crippen LogP contribution in [0.4, 0.5) is 10.5 Å². The summed E-state index contributed by atoms with van der Waals surface area (Å²) >= 11 is 0. The van der Waals surface area contributed by atoms with Crippen molar-refractivity contribution in [1.29, 1.82) is 0 Å². The highest BCUT2D eigenvalue weighted by molar-refractivity contribution is 5.91. The summed E-state index contributed by atoms with van der Waals surface area (Å²) in [6.07, 6.45) is 3.58. The van der Waals surface area contributed by atoms with Gasteiger partial charge in [-0.15, -0.1) is 0 Å². The van der Waals surface area contributed by atoms with Crippen LogP contribution >= 0.6 is 0 Å². The number of para-hydroxylation sites is 1. The number of likely N-dealkylation sites (tertiary alicyclic amines) is 1. The van der Waals surface area contributed by atoms with E-state index in [-0.39, 0.29) is 0 Å². The molecule has 0 bridgehead atoms. The Balaban J connectivity index is 1.41. The van der Waals surface area contributed by atoms with Gasteiger partial charge in [-0.25, -0.2) is 4.79 Å². The van der Waals surface area contributed by atoms with Gasteiger partial charge in [0.05, 0.1) is 12.2 Å². The molecule has 1 heterocycles. The van der Waals surface area contributed by atoms with Crippen LogP contribution in [0.25, 0.3) is 0 Å². The molecule has 0 radical (unpaired) electrons. The third-order valence-corrected chi connectivity index (χ3v) is 6.20. The number of amides is 2. The number of urea groups is 1. The topological polar surface area (TPSA) is 49.6 Å². The number of hydrogen-bond acceptors (Lipinski definition) is 2. The van der Waals surface area contributed by atoms with Gasteiger partial charge in [0, 0.05) is 6.54 Å². The Morgan fingerprint density at radius 2 is 1.42 bits per heavy atom. The van der Waals surface area contributed by atoms with E-state index in [1.807, 2.05) is 48.5 Å². The molecule has 0 unspecified atom stereocenters. The van der Waals surface area contributed by atoms with E-state index >= 15 is 0 Å². The number of piperidine rings is 1. The number of nitrogens with zero attached hydrogens (tertiary/aromatic N) is 2. The molecule has 0 saturated carbocycles. The van der Waals surface area contributed by atoms with E-state index in [9.17, 15) is 4.79 Å². The maximum absolute atomic E-state index is 12.3. The maximum atomic E-state index is 12.3. The van der Waals surface area contributed by atoms with Crippen LogP contribution in [0.3, 0.4) is 0 Å². The summed E-state index contributed by atoms with van der Waals surface area (Å²) in [5.74, 6) is 0.745. The Morgan fingerprint density at radius 3 is 2.06 bits per heavy atom. The Labute approximate surface area is 185 Å². The van der Waals surface area contributed by atoms with Crippen molar-refractivity contribution >= 4 is 11.7 Å². The Bertz CT molecular complexity index is 966. The molecule has 0 spiro atoms. The van der Waals surface area contributed by atoms with Crippen LogP contribution in [-0.4, -0.2) is 24.0 Å². The highest BCUT2D eigenvalue weighted by atomic mass is 16.2. The number of benzene rings is 3. The fourth-order valence-corrected chi connectivity index (χ4v) is 4.49. The first kappa shape index (κ1) is 21.1. The van der Waals surface area contributed by atoms with Crippen molar-refractivity contribution in [3.63, 3.8) is 0 Å². The molecule has 1 aliphatic heterocycles. The van der Waals surface area contributed by atoms with Gasteiger partial charge >= 0.3 is 6.03 Å². The minimum Gasteiger partial charge on any atom is -0.351 e. The molecule has 2 amide bonds. The smallest absolute Gasteiger partial charge is 0.319 e. The monoisotopic (exact) mass is 413 g/mol. The van der Waals surface area contributed by atoms with Crippen molar-refractivity contribution in [3.05, 3.63) is 102 Å². The van der Waals surface area contributed by atoms with Crippen molar-refractivity contribution in [3.8, 4) is 0 Å². The first-order valence-electron chi connectivity index (χ1n) is 11.1. The molecular weight excluding hydrogens is 382 g/mol. The maximum Gasteiger partial charge on any atom is 0.319 e. The highest BCUT2D eigenvalue weighted by Crippen LogP contribution is 2.27. The van der Waals surface area contributed by atoms with Gasteiger partial charge in [0.2, 0.25) is 0 Å². The Kier molecular flexibility index (Phi) is 7.00. The normalized spacial score (nSPS) is 15.0. The van der Waals surface area contributed by atoms with Gasteiger partial charge in [-0.2, -0.15) is 0 Å². The van der Waals surface area contributed by atoms with Gasteiger partial charge in [0.15, 0.2) is 0 Å². The number of carbonyl (C=O) groups excluding carboxylic acids is 1. The molecular formula is C27H31N3O. The fraction of sp³-hybridized carbons (Fsp3) is 0.296. The number of nitrogens with two attached hydrogens (primary N) is 1. The molecule has 0 atom stereocenters. The number of hydrogen-bond donors (Lipinski definition) is 1. The predicted octanol–water partition coefficient (Wildman–Crippen LogP) is 5.23. The molecule has 0 aliphatic carbocycles. The van der Waals surface area contributed by atoms with Gasteiger partial charge in [-0.3, -0.25) is 9.80 Å². The van der Waals surface area contributed by atoms with Crippen molar-refractivity contribution in [2.45, 2.75) is 32.4 Å². The number of anilines is 1. The molecule has 1 fully saturated rings. The molecule has 3 aromatic carbocycles. The minimum atomic E-state index is -0.419. The summed E-state index contributed by atoms with van der Waals surface area (Å²) in [6.45, 7) is 3.49. The zero-order valence-electron chi connectivity index (χ0n) is 18.0. The van der Waals surface area contributed by atoms with Crippen LogP contribution in [0.15, 0.2) is 84.9 Å². The summed E-state index contributed by atoms with van der Waals surface area (Å²) in [6, 6.07) is 28.5. The third kappa shape index (κ3) is 5.74. The van der Waals surface area contributed by atoms with E-state index in [0.717, 1.165) is 48.8 Å². The SMILES string of the molecule is NC(=O)N(Cc1ccccc1)c1ccccc1CN1CCC(Cc2ccccc2)CC1. The fourth-order valence-electron chi connectivity index (χ4n) is 4.49. The van der Waals surface area contributed by atoms with E-state index in [2.05, 4.69) is 41.3 Å². The predicted molar refractivity (Wildman–Crippen MR) is 127 cm³/mol. The lowest BCUT2D eigenvalue weighted by molar-refractivity contribution is 0.177. The van der Waals surface area contributed by atoms with Gasteiger partial charge in [0.25, 0.3) is 0 Å². The summed E-state index contributed by atoms with van der Waals surface area (Å²) < 4.78 is 0. The minimum absolute atomic E-state index is 0.419. The molecule has 160 valence electrons. The molecule has 0 aromatic heterocycles. The molecule has 2 N–H and O–H groups in total. The number of primary amides is 1. The second-order valence-corrected chi connectivity index (χ2v) is 8.45. The second kappa shape index (κ2) is 10.3. The number of carbonyl (C=O) groups is 1. The van der Waals surface area contributed by atoms with Crippen molar-refractivity contribution in [1.82, 2.24) is 4.90 Å². The van der Waals surface area contributed by atoms with Crippen LogP contribution in [0.1, 0.15) is 29.5 Å². The van der Waals surface area contributed by atoms with Crippen molar-refractivity contribution < 1.29 is 4.79 Å². The van der Waals surface area contributed by atoms with E-state index in [4.69, 9.17) is 5.73 Å². The molecule has 4 rings (SSSR count). The zero-order valence-corrected chi connectivity index (χ0v) is 18.0. The lowest BCUT2D eigenvalue weighted by atomic mass is 9.90. The first-order chi connectivity index (χ1) is 15.2. The van der Waals surface area contributed by atoms with E-state index < -0.39 is 6.03 Å². The van der Waals surface area contributed by atoms with Crippen molar-refractivity contribution in [2.75, 3.05) is 18.0 Å². The number of rotatable bonds is 7. The molecule has 4 heteroatoms. The third-order valence-electron chi connectivity index (χ3n) is 6.20. The van der Waals surface area contributed by atoms with Gasteiger partial charge in [-0.1, -0.05) is 78.9 Å². The van der Waals surface area contributed by atoms with Gasteiger partial charge < -0.3 is 5.73 Å². The summed E-state index contributed by atoms with van der Waals surface area (Å²) in [5, 5.41) is 0. The molecule has 1 saturated heterocycles. The molecule has 4 nitrogen and oxygen atoms in total. The van der Waals surface area contributed by atoms with Crippen LogP contribution in [0.5, 0.6) is 0 Å². The molecule has 3 aromatic rings. The summed E-state index contributed by atoms with van der Waals surface area (Å²) in [4.78, 5) is 16.5. The van der Waals surface area contributed by atoms with Gasteiger partial charge in [0.1, 0.15) is 0 Å². The standard InChI is InChI=1S/C27H31N3O/c28-27(31)30(20-24-11-5-2-6-12-24)26-14-8-7-13-25(26)21-29-17-15-23(16-18-29)19-22-9-3-1-4-10-22/h1-14,23H,15-21H2,(H2,28,31). The second-order valence-electron chi connectivity index (χ2n) is 8.45. The van der Waals surface area contributed by atoms with Crippen LogP contribution in [0.2, 0.25) is 0 Å². The largest absolute Gasteiger partial charge is 0.351 e. The van der Waals surface area contributed by atoms with Crippen molar-refractivity contribution in [2.24, 2.45) is 11.7 Å². The Morgan fingerprint density at radius 1 is 0.839 bits per heavy atom. The van der Waals surface area contributed by atoms with Gasteiger partial charge in [-0.05, 0) is 61.0 Å². The average Bonchev–Trinajstić information content (AvgIpc) is 2.80. The van der Waals surface area contributed by atoms with E-state index in [1.165, 1.54) is 18.4 Å².